The number of hydrogen-bond acceptors (Lipinski definition) is 2. The van der Waals surface area contributed by atoms with Gasteiger partial charge in [0.2, 0.25) is 0 Å². The normalized spacial score (nSPS) is 58.5. The van der Waals surface area contributed by atoms with Crippen LogP contribution in [-0.2, 0) is 4.74 Å². The number of ether oxygens (including phenoxy) is 1. The molecule has 4 unspecified atom stereocenters. The van der Waals surface area contributed by atoms with Crippen molar-refractivity contribution in [1.29, 1.82) is 0 Å². The second-order valence-electron chi connectivity index (χ2n) is 3.85. The minimum Gasteiger partial charge on any atom is -0.396 e. The standard InChI is InChI=1S/C8H14O2/c1-5-7(10-5)8(2)3-6(8)4-9/h5-7,9H,3-4H2,1-2H3. The topological polar surface area (TPSA) is 32.8 Å². The van der Waals surface area contributed by atoms with Gasteiger partial charge in [-0.1, -0.05) is 6.92 Å². The molecule has 0 aromatic rings. The fraction of sp³-hybridized carbons (Fsp3) is 1.00. The fourth-order valence-electron chi connectivity index (χ4n) is 1.97. The molecule has 58 valence electrons. The molecule has 0 aromatic heterocycles. The zero-order valence-electron chi connectivity index (χ0n) is 6.50. The molecule has 2 fully saturated rings. The predicted octanol–water partition coefficient (Wildman–Crippen LogP) is 0.792. The van der Waals surface area contributed by atoms with E-state index in [-0.39, 0.29) is 0 Å². The van der Waals surface area contributed by atoms with Crippen molar-refractivity contribution in [2.45, 2.75) is 32.5 Å². The Morgan fingerprint density at radius 2 is 2.30 bits per heavy atom. The Bertz CT molecular complexity index is 157. The van der Waals surface area contributed by atoms with E-state index in [1.165, 1.54) is 0 Å². The van der Waals surface area contributed by atoms with Crippen molar-refractivity contribution in [2.75, 3.05) is 6.61 Å². The number of aliphatic hydroxyl groups is 1. The van der Waals surface area contributed by atoms with Crippen molar-refractivity contribution >= 4 is 0 Å². The molecule has 0 bridgehead atoms. The number of hydrogen-bond donors (Lipinski definition) is 1. The van der Waals surface area contributed by atoms with Crippen LogP contribution in [0.25, 0.3) is 0 Å². The van der Waals surface area contributed by atoms with Crippen LogP contribution >= 0.6 is 0 Å². The molecule has 1 aliphatic carbocycles. The maximum atomic E-state index is 8.85. The van der Waals surface area contributed by atoms with E-state index in [1.54, 1.807) is 0 Å². The summed E-state index contributed by atoms with van der Waals surface area (Å²) in [6, 6.07) is 0. The third-order valence-electron chi connectivity index (χ3n) is 3.04. The van der Waals surface area contributed by atoms with Crippen molar-refractivity contribution in [3.63, 3.8) is 0 Å². The molecule has 2 rings (SSSR count). The van der Waals surface area contributed by atoms with Crippen molar-refractivity contribution in [3.05, 3.63) is 0 Å². The average molecular weight is 142 g/mol. The Morgan fingerprint density at radius 1 is 1.70 bits per heavy atom. The largest absolute Gasteiger partial charge is 0.396 e. The summed E-state index contributed by atoms with van der Waals surface area (Å²) < 4.78 is 5.36. The molecule has 0 spiro atoms. The van der Waals surface area contributed by atoms with Gasteiger partial charge in [0.05, 0.1) is 12.2 Å². The second kappa shape index (κ2) is 1.74. The molecular weight excluding hydrogens is 128 g/mol. The van der Waals surface area contributed by atoms with Crippen LogP contribution in [0.5, 0.6) is 0 Å². The molecule has 10 heavy (non-hydrogen) atoms. The van der Waals surface area contributed by atoms with E-state index in [0.717, 1.165) is 6.42 Å². The monoisotopic (exact) mass is 142 g/mol. The van der Waals surface area contributed by atoms with Crippen LogP contribution < -0.4 is 0 Å². The highest BCUT2D eigenvalue weighted by Gasteiger charge is 2.62. The Kier molecular flexibility index (Phi) is 1.15. The zero-order valence-corrected chi connectivity index (χ0v) is 6.50. The predicted molar refractivity (Wildman–Crippen MR) is 37.6 cm³/mol. The SMILES string of the molecule is CC1OC1C1(C)CC1CO. The van der Waals surface area contributed by atoms with Gasteiger partial charge in [-0.3, -0.25) is 0 Å². The van der Waals surface area contributed by atoms with Crippen LogP contribution in [-0.4, -0.2) is 23.9 Å². The van der Waals surface area contributed by atoms with E-state index in [1.807, 2.05) is 0 Å². The molecular formula is C8H14O2. The van der Waals surface area contributed by atoms with E-state index in [9.17, 15) is 0 Å². The number of aliphatic hydroxyl groups excluding tert-OH is 1. The van der Waals surface area contributed by atoms with Crippen LogP contribution in [0.4, 0.5) is 0 Å². The molecule has 0 radical (unpaired) electrons. The third kappa shape index (κ3) is 0.722. The molecule has 1 heterocycles. The first-order valence-electron chi connectivity index (χ1n) is 3.95. The molecule has 1 saturated carbocycles. The molecule has 1 N–H and O–H groups in total. The molecule has 1 saturated heterocycles. The Labute approximate surface area is 61.2 Å². The summed E-state index contributed by atoms with van der Waals surface area (Å²) in [6.45, 7) is 4.65. The minimum absolute atomic E-state index is 0.328. The van der Waals surface area contributed by atoms with Gasteiger partial charge >= 0.3 is 0 Å². The summed E-state index contributed by atoms with van der Waals surface area (Å²) in [5.41, 5.74) is 0.328. The van der Waals surface area contributed by atoms with Crippen LogP contribution in [0, 0.1) is 11.3 Å². The lowest BCUT2D eigenvalue weighted by molar-refractivity contribution is 0.231. The van der Waals surface area contributed by atoms with E-state index in [4.69, 9.17) is 9.84 Å². The first-order valence-corrected chi connectivity index (χ1v) is 3.95. The third-order valence-corrected chi connectivity index (χ3v) is 3.04. The summed E-state index contributed by atoms with van der Waals surface area (Å²) in [5, 5.41) is 8.85. The molecule has 0 amide bonds. The molecule has 2 nitrogen and oxygen atoms in total. The molecule has 4 atom stereocenters. The lowest BCUT2D eigenvalue weighted by atomic mass is 10.0. The summed E-state index contributed by atoms with van der Waals surface area (Å²) in [6.07, 6.45) is 2.05. The van der Waals surface area contributed by atoms with Crippen molar-refractivity contribution < 1.29 is 9.84 Å². The summed E-state index contributed by atoms with van der Waals surface area (Å²) in [5.74, 6) is 0.516. The van der Waals surface area contributed by atoms with Gasteiger partial charge in [-0.2, -0.15) is 0 Å². The summed E-state index contributed by atoms with van der Waals surface area (Å²) >= 11 is 0. The number of rotatable bonds is 2. The first-order chi connectivity index (χ1) is 4.68. The Balaban J connectivity index is 1.94. The van der Waals surface area contributed by atoms with Crippen molar-refractivity contribution in [3.8, 4) is 0 Å². The van der Waals surface area contributed by atoms with Crippen LogP contribution in [0.3, 0.4) is 0 Å². The van der Waals surface area contributed by atoms with Crippen LogP contribution in [0.15, 0.2) is 0 Å². The van der Waals surface area contributed by atoms with Crippen LogP contribution in [0.1, 0.15) is 20.3 Å². The maximum absolute atomic E-state index is 8.85. The number of epoxide rings is 1. The Morgan fingerprint density at radius 3 is 2.60 bits per heavy atom. The van der Waals surface area contributed by atoms with Crippen molar-refractivity contribution in [2.24, 2.45) is 11.3 Å². The van der Waals surface area contributed by atoms with Gasteiger partial charge < -0.3 is 9.84 Å². The van der Waals surface area contributed by atoms with Gasteiger partial charge in [-0.25, -0.2) is 0 Å². The highest BCUT2D eigenvalue weighted by Crippen LogP contribution is 2.60. The lowest BCUT2D eigenvalue weighted by Crippen LogP contribution is -2.10. The van der Waals surface area contributed by atoms with Gasteiger partial charge in [0, 0.05) is 12.0 Å². The van der Waals surface area contributed by atoms with E-state index < -0.39 is 0 Å². The summed E-state index contributed by atoms with van der Waals surface area (Å²) in [7, 11) is 0. The van der Waals surface area contributed by atoms with Gasteiger partial charge in [-0.15, -0.1) is 0 Å². The van der Waals surface area contributed by atoms with E-state index >= 15 is 0 Å². The smallest absolute Gasteiger partial charge is 0.0896 e. The van der Waals surface area contributed by atoms with Gasteiger partial charge in [-0.05, 0) is 19.3 Å². The zero-order chi connectivity index (χ0) is 7.35. The lowest BCUT2D eigenvalue weighted by Gasteiger charge is -2.03. The minimum atomic E-state index is 0.328. The van der Waals surface area contributed by atoms with E-state index in [2.05, 4.69) is 13.8 Å². The molecule has 2 aliphatic rings. The van der Waals surface area contributed by atoms with Gasteiger partial charge in [0.15, 0.2) is 0 Å². The molecule has 1 aliphatic heterocycles. The molecule has 0 aromatic carbocycles. The van der Waals surface area contributed by atoms with Gasteiger partial charge in [0.25, 0.3) is 0 Å². The highest BCUT2D eigenvalue weighted by atomic mass is 16.6. The Hall–Kier alpha value is -0.0800. The van der Waals surface area contributed by atoms with Gasteiger partial charge in [0.1, 0.15) is 0 Å². The fourth-order valence-corrected chi connectivity index (χ4v) is 1.97. The van der Waals surface area contributed by atoms with E-state index in [0.29, 0.717) is 30.1 Å². The first kappa shape index (κ1) is 6.62. The highest BCUT2D eigenvalue weighted by molar-refractivity contribution is 5.10. The van der Waals surface area contributed by atoms with Crippen LogP contribution in [0.2, 0.25) is 0 Å². The van der Waals surface area contributed by atoms with Crippen molar-refractivity contribution in [1.82, 2.24) is 0 Å². The maximum Gasteiger partial charge on any atom is 0.0896 e. The summed E-state index contributed by atoms with van der Waals surface area (Å²) in [4.78, 5) is 0. The molecule has 2 heteroatoms. The second-order valence-corrected chi connectivity index (χ2v) is 3.85. The average Bonchev–Trinajstić information content (AvgIpc) is 2.72. The quantitative estimate of drug-likeness (QED) is 0.578.